The molecule has 2 aromatic rings. The standard InChI is InChI=1S/C20H22O/c1-20(2,3)19(21)18-16-11-7-6-10-15(16)12-13-17(18)14-8-4-5-9-14/h4-14,19,21H,1-3H3. The molecule has 21 heavy (non-hydrogen) atoms. The van der Waals surface area contributed by atoms with Gasteiger partial charge in [-0.2, -0.15) is 0 Å². The van der Waals surface area contributed by atoms with Crippen LogP contribution in [-0.4, -0.2) is 5.11 Å². The molecule has 1 aliphatic carbocycles. The number of aliphatic hydroxyl groups excluding tert-OH is 1. The second kappa shape index (κ2) is 5.16. The number of hydrogen-bond acceptors (Lipinski definition) is 1. The Morgan fingerprint density at radius 3 is 2.29 bits per heavy atom. The van der Waals surface area contributed by atoms with Crippen LogP contribution in [0.5, 0.6) is 0 Å². The lowest BCUT2D eigenvalue weighted by atomic mass is 9.78. The molecule has 0 bridgehead atoms. The maximum absolute atomic E-state index is 10.9. The van der Waals surface area contributed by atoms with Crippen molar-refractivity contribution in [3.05, 3.63) is 71.8 Å². The van der Waals surface area contributed by atoms with Crippen molar-refractivity contribution in [2.45, 2.75) is 32.8 Å². The molecule has 0 amide bonds. The summed E-state index contributed by atoms with van der Waals surface area (Å²) in [7, 11) is 0. The number of fused-ring (bicyclic) bond motifs is 1. The molecule has 0 aliphatic heterocycles. The maximum Gasteiger partial charge on any atom is 0.0847 e. The summed E-state index contributed by atoms with van der Waals surface area (Å²) in [5, 5.41) is 13.3. The lowest BCUT2D eigenvalue weighted by molar-refractivity contribution is 0.0631. The van der Waals surface area contributed by atoms with Gasteiger partial charge in [-0.05, 0) is 27.3 Å². The Hall–Kier alpha value is -1.86. The van der Waals surface area contributed by atoms with Crippen molar-refractivity contribution in [3.8, 4) is 0 Å². The van der Waals surface area contributed by atoms with E-state index >= 15 is 0 Å². The van der Waals surface area contributed by atoms with Gasteiger partial charge in [0.2, 0.25) is 0 Å². The molecule has 1 nitrogen and oxygen atoms in total. The first kappa shape index (κ1) is 14.1. The average molecular weight is 278 g/mol. The van der Waals surface area contributed by atoms with Crippen LogP contribution in [-0.2, 0) is 0 Å². The smallest absolute Gasteiger partial charge is 0.0847 e. The summed E-state index contributed by atoms with van der Waals surface area (Å²) >= 11 is 0. The summed E-state index contributed by atoms with van der Waals surface area (Å²) < 4.78 is 0. The number of allylic oxidation sites excluding steroid dienone is 4. The van der Waals surface area contributed by atoms with Gasteiger partial charge in [-0.15, -0.1) is 0 Å². The van der Waals surface area contributed by atoms with E-state index in [1.807, 2.05) is 12.1 Å². The fourth-order valence-corrected chi connectivity index (χ4v) is 2.98. The van der Waals surface area contributed by atoms with Gasteiger partial charge in [-0.3, -0.25) is 0 Å². The van der Waals surface area contributed by atoms with E-state index in [1.165, 1.54) is 10.9 Å². The highest BCUT2D eigenvalue weighted by Gasteiger charge is 2.29. The van der Waals surface area contributed by atoms with Crippen LogP contribution in [0.25, 0.3) is 10.8 Å². The zero-order valence-corrected chi connectivity index (χ0v) is 12.9. The van der Waals surface area contributed by atoms with Crippen molar-refractivity contribution >= 4 is 10.8 Å². The molecule has 3 rings (SSSR count). The molecule has 0 saturated carbocycles. The van der Waals surface area contributed by atoms with Crippen molar-refractivity contribution in [1.82, 2.24) is 0 Å². The van der Waals surface area contributed by atoms with Gasteiger partial charge in [0.15, 0.2) is 0 Å². The molecular formula is C20H22O. The first-order chi connectivity index (χ1) is 9.98. The lowest BCUT2D eigenvalue weighted by Crippen LogP contribution is -2.20. The SMILES string of the molecule is CC(C)(C)C(O)c1c(C2C=CC=C2)ccc2ccccc12. The minimum absolute atomic E-state index is 0.190. The predicted octanol–water partition coefficient (Wildman–Crippen LogP) is 5.13. The van der Waals surface area contributed by atoms with E-state index in [0.29, 0.717) is 0 Å². The zero-order chi connectivity index (χ0) is 15.0. The highest BCUT2D eigenvalue weighted by atomic mass is 16.3. The Morgan fingerprint density at radius 1 is 0.952 bits per heavy atom. The fraction of sp³-hybridized carbons (Fsp3) is 0.300. The van der Waals surface area contributed by atoms with E-state index < -0.39 is 6.10 Å². The number of hydrogen-bond donors (Lipinski definition) is 1. The maximum atomic E-state index is 10.9. The highest BCUT2D eigenvalue weighted by Crippen LogP contribution is 2.41. The minimum atomic E-state index is -0.485. The third kappa shape index (κ3) is 2.54. The van der Waals surface area contributed by atoms with Gasteiger partial charge in [-0.1, -0.05) is 81.5 Å². The topological polar surface area (TPSA) is 20.2 Å². The van der Waals surface area contributed by atoms with E-state index in [4.69, 9.17) is 0 Å². The molecule has 2 aromatic carbocycles. The highest BCUT2D eigenvalue weighted by molar-refractivity contribution is 5.87. The molecule has 0 saturated heterocycles. The molecule has 108 valence electrons. The molecule has 1 unspecified atom stereocenters. The van der Waals surface area contributed by atoms with E-state index in [9.17, 15) is 5.11 Å². The second-order valence-corrected chi connectivity index (χ2v) is 6.85. The third-order valence-corrected chi connectivity index (χ3v) is 4.21. The first-order valence-electron chi connectivity index (χ1n) is 7.53. The molecule has 1 N–H and O–H groups in total. The molecule has 0 spiro atoms. The Morgan fingerprint density at radius 2 is 1.62 bits per heavy atom. The van der Waals surface area contributed by atoms with Gasteiger partial charge < -0.3 is 5.11 Å². The van der Waals surface area contributed by atoms with Crippen molar-refractivity contribution in [2.24, 2.45) is 5.41 Å². The van der Waals surface area contributed by atoms with Crippen LogP contribution in [0.4, 0.5) is 0 Å². The van der Waals surface area contributed by atoms with Crippen LogP contribution in [0.15, 0.2) is 60.7 Å². The van der Waals surface area contributed by atoms with E-state index in [0.717, 1.165) is 10.9 Å². The molecule has 1 aliphatic rings. The van der Waals surface area contributed by atoms with Crippen molar-refractivity contribution in [2.75, 3.05) is 0 Å². The first-order valence-corrected chi connectivity index (χ1v) is 7.53. The third-order valence-electron chi connectivity index (χ3n) is 4.21. The largest absolute Gasteiger partial charge is 0.388 e. The molecule has 0 heterocycles. The van der Waals surface area contributed by atoms with Crippen LogP contribution < -0.4 is 0 Å². The predicted molar refractivity (Wildman–Crippen MR) is 89.4 cm³/mol. The number of rotatable bonds is 2. The zero-order valence-electron chi connectivity index (χ0n) is 12.9. The Labute approximate surface area is 126 Å². The Balaban J connectivity index is 2.27. The summed E-state index contributed by atoms with van der Waals surface area (Å²) in [4.78, 5) is 0. The van der Waals surface area contributed by atoms with E-state index in [1.54, 1.807) is 0 Å². The summed E-state index contributed by atoms with van der Waals surface area (Å²) in [5.41, 5.74) is 2.09. The summed E-state index contributed by atoms with van der Waals surface area (Å²) in [6.45, 7) is 6.26. The van der Waals surface area contributed by atoms with Crippen LogP contribution in [0.3, 0.4) is 0 Å². The Kier molecular flexibility index (Phi) is 3.46. The minimum Gasteiger partial charge on any atom is -0.388 e. The van der Waals surface area contributed by atoms with Gasteiger partial charge >= 0.3 is 0 Å². The Bertz CT molecular complexity index is 704. The summed E-state index contributed by atoms with van der Waals surface area (Å²) in [6, 6.07) is 12.6. The number of aliphatic hydroxyl groups is 1. The molecule has 0 aromatic heterocycles. The van der Waals surface area contributed by atoms with Gasteiger partial charge in [-0.25, -0.2) is 0 Å². The quantitative estimate of drug-likeness (QED) is 0.807. The van der Waals surface area contributed by atoms with Crippen molar-refractivity contribution in [3.63, 3.8) is 0 Å². The second-order valence-electron chi connectivity index (χ2n) is 6.85. The monoisotopic (exact) mass is 278 g/mol. The van der Waals surface area contributed by atoms with Crippen LogP contribution >= 0.6 is 0 Å². The van der Waals surface area contributed by atoms with Gasteiger partial charge in [0.1, 0.15) is 0 Å². The number of benzene rings is 2. The molecular weight excluding hydrogens is 256 g/mol. The van der Waals surface area contributed by atoms with Crippen LogP contribution in [0.2, 0.25) is 0 Å². The molecule has 1 atom stereocenters. The van der Waals surface area contributed by atoms with Gasteiger partial charge in [0.25, 0.3) is 0 Å². The normalized spacial score (nSPS) is 16.8. The molecule has 0 fully saturated rings. The average Bonchev–Trinajstić information content (AvgIpc) is 2.98. The van der Waals surface area contributed by atoms with Gasteiger partial charge in [0.05, 0.1) is 6.10 Å². The van der Waals surface area contributed by atoms with E-state index in [2.05, 4.69) is 69.3 Å². The van der Waals surface area contributed by atoms with Gasteiger partial charge in [0, 0.05) is 5.92 Å². The lowest BCUT2D eigenvalue weighted by Gasteiger charge is -2.30. The fourth-order valence-electron chi connectivity index (χ4n) is 2.98. The van der Waals surface area contributed by atoms with Crippen molar-refractivity contribution < 1.29 is 5.11 Å². The van der Waals surface area contributed by atoms with E-state index in [-0.39, 0.29) is 11.3 Å². The summed E-state index contributed by atoms with van der Waals surface area (Å²) in [5.74, 6) is 0.265. The van der Waals surface area contributed by atoms with Crippen LogP contribution in [0.1, 0.15) is 43.9 Å². The summed E-state index contributed by atoms with van der Waals surface area (Å²) in [6.07, 6.45) is 8.03. The van der Waals surface area contributed by atoms with Crippen LogP contribution in [0, 0.1) is 5.41 Å². The molecule has 1 heteroatoms. The van der Waals surface area contributed by atoms with Crippen molar-refractivity contribution in [1.29, 1.82) is 0 Å². The molecule has 0 radical (unpaired) electrons.